The van der Waals surface area contributed by atoms with Gasteiger partial charge in [-0.3, -0.25) is 15.5 Å². The Bertz CT molecular complexity index is 1160. The van der Waals surface area contributed by atoms with Crippen molar-refractivity contribution in [3.8, 4) is 11.3 Å². The van der Waals surface area contributed by atoms with Gasteiger partial charge in [0.1, 0.15) is 10.3 Å². The molecule has 0 amide bonds. The topological polar surface area (TPSA) is 73.0 Å². The monoisotopic (exact) mass is 562 g/mol. The quantitative estimate of drug-likeness (QED) is 0.292. The summed E-state index contributed by atoms with van der Waals surface area (Å²) in [5.74, 6) is 0. The number of alkyl halides is 3. The first-order valence-corrected chi connectivity index (χ1v) is 9.76. The van der Waals surface area contributed by atoms with Gasteiger partial charge in [-0.1, -0.05) is 36.0 Å². The van der Waals surface area contributed by atoms with E-state index in [2.05, 4.69) is 26.3 Å². The number of thioether (sulfide) groups is 1. The largest absolute Gasteiger partial charge is 0.416 e. The van der Waals surface area contributed by atoms with E-state index in [4.69, 9.17) is 0 Å². The normalized spacial score (nSPS) is 13.0. The van der Waals surface area contributed by atoms with E-state index in [1.54, 1.807) is 28.3 Å². The van der Waals surface area contributed by atoms with Gasteiger partial charge in [0.25, 0.3) is 5.69 Å². The maximum absolute atomic E-state index is 13.0. The van der Waals surface area contributed by atoms with Crippen molar-refractivity contribution in [2.45, 2.75) is 11.3 Å². The molecule has 6 nitrogen and oxygen atoms in total. The lowest BCUT2D eigenvalue weighted by Crippen LogP contribution is -2.17. The van der Waals surface area contributed by atoms with Crippen molar-refractivity contribution in [1.82, 2.24) is 9.66 Å². The van der Waals surface area contributed by atoms with E-state index in [0.29, 0.717) is 32.3 Å². The van der Waals surface area contributed by atoms with Gasteiger partial charge in [0.15, 0.2) is 5.16 Å². The first-order chi connectivity index (χ1) is 13.7. The van der Waals surface area contributed by atoms with E-state index in [1.165, 1.54) is 30.0 Å². The molecule has 30 heavy (non-hydrogen) atoms. The number of hydrogen-bond donors (Lipinski definition) is 1. The smallest absolute Gasteiger partial charge is 0.290 e. The number of imidazole rings is 1. The Kier molecular flexibility index (Phi) is 6.29. The second kappa shape index (κ2) is 8.44. The number of rotatable bonds is 3. The second-order valence-corrected chi connectivity index (χ2v) is 7.60. The molecule has 0 bridgehead atoms. The Morgan fingerprint density at radius 3 is 2.53 bits per heavy atom. The zero-order valence-electron chi connectivity index (χ0n) is 14.7. The molecule has 0 saturated carbocycles. The average molecular weight is 564 g/mol. The van der Waals surface area contributed by atoms with Crippen LogP contribution in [0.15, 0.2) is 63.7 Å². The molecule has 1 aliphatic heterocycles. The van der Waals surface area contributed by atoms with E-state index in [9.17, 15) is 23.3 Å². The number of non-ortho nitro benzene ring substituents is 1. The number of nitrogens with one attached hydrogen (secondary N) is 1. The number of nitro groups is 1. The average Bonchev–Trinajstić information content (AvgIpc) is 3.03. The maximum Gasteiger partial charge on any atom is 0.416 e. The summed E-state index contributed by atoms with van der Waals surface area (Å²) in [6.45, 7) is 0. The predicted octanol–water partition coefficient (Wildman–Crippen LogP) is 6.47. The molecule has 0 atom stereocenters. The van der Waals surface area contributed by atoms with Crippen molar-refractivity contribution >= 4 is 56.1 Å². The second-order valence-electron chi connectivity index (χ2n) is 6.02. The van der Waals surface area contributed by atoms with Crippen molar-refractivity contribution in [3.63, 3.8) is 0 Å². The molecule has 1 aliphatic rings. The van der Waals surface area contributed by atoms with Gasteiger partial charge in [0.2, 0.25) is 0 Å². The van der Waals surface area contributed by atoms with Crippen LogP contribution in [0, 0.1) is 10.1 Å². The fraction of sp³-hybridized carbons (Fsp3) is 0.0556. The third-order valence-electron chi connectivity index (χ3n) is 4.14. The minimum Gasteiger partial charge on any atom is -0.290 e. The molecule has 2 heterocycles. The van der Waals surface area contributed by atoms with Crippen LogP contribution in [-0.2, 0) is 6.18 Å². The van der Waals surface area contributed by atoms with Gasteiger partial charge in [-0.25, -0.2) is 9.66 Å². The molecule has 0 saturated heterocycles. The highest BCUT2D eigenvalue weighted by molar-refractivity contribution is 9.10. The predicted molar refractivity (Wildman–Crippen MR) is 117 cm³/mol. The Morgan fingerprint density at radius 1 is 1.13 bits per heavy atom. The number of nitrogens with zero attached hydrogens (tertiary/aromatic N) is 3. The first-order valence-electron chi connectivity index (χ1n) is 8.08. The highest BCUT2D eigenvalue weighted by atomic mass is 79.9. The van der Waals surface area contributed by atoms with Crippen molar-refractivity contribution in [2.24, 2.45) is 0 Å². The Labute approximate surface area is 191 Å². The van der Waals surface area contributed by atoms with Crippen LogP contribution in [0.2, 0.25) is 0 Å². The number of fused-ring (bicyclic) bond motifs is 1. The third-order valence-corrected chi connectivity index (χ3v) is 5.70. The zero-order chi connectivity index (χ0) is 20.8. The lowest BCUT2D eigenvalue weighted by molar-refractivity contribution is -0.384. The summed E-state index contributed by atoms with van der Waals surface area (Å²) >= 11 is 4.64. The van der Waals surface area contributed by atoms with E-state index >= 15 is 0 Å². The molecule has 4 rings (SSSR count). The molecule has 2 aromatic carbocycles. The summed E-state index contributed by atoms with van der Waals surface area (Å²) in [4.78, 5) is 14.9. The number of aromatic nitrogens is 2. The SMILES string of the molecule is Br.O=[N+]([O-])c1cccc(C2=CSc3nc(-c4cccc(C(F)(F)F)c4)c(Br)n3N2)c1. The lowest BCUT2D eigenvalue weighted by Gasteiger charge is -2.18. The molecule has 3 aromatic rings. The fourth-order valence-electron chi connectivity index (χ4n) is 2.76. The van der Waals surface area contributed by atoms with Crippen molar-refractivity contribution in [1.29, 1.82) is 0 Å². The molecular weight excluding hydrogens is 553 g/mol. The summed E-state index contributed by atoms with van der Waals surface area (Å²) in [6.07, 6.45) is -4.45. The minimum absolute atomic E-state index is 0. The molecule has 1 N–H and O–H groups in total. The Morgan fingerprint density at radius 2 is 1.83 bits per heavy atom. The van der Waals surface area contributed by atoms with Crippen molar-refractivity contribution < 1.29 is 18.1 Å². The van der Waals surface area contributed by atoms with E-state index in [1.807, 2.05) is 0 Å². The van der Waals surface area contributed by atoms with Crippen molar-refractivity contribution in [2.75, 3.05) is 5.43 Å². The standard InChI is InChI=1S/C18H10BrF3N4O2S.BrH/c19-16-15(11-4-1-5-12(7-11)18(20,21)22)23-17-25(16)24-14(9-29-17)10-3-2-6-13(8-10)26(27)28;/h1-9,24H;1H. The summed E-state index contributed by atoms with van der Waals surface area (Å²) in [7, 11) is 0. The van der Waals surface area contributed by atoms with Gasteiger partial charge in [0.05, 0.1) is 16.2 Å². The molecule has 12 heteroatoms. The summed E-state index contributed by atoms with van der Waals surface area (Å²) in [6, 6.07) is 11.0. The zero-order valence-corrected chi connectivity index (χ0v) is 18.8. The molecule has 0 radical (unpaired) electrons. The van der Waals surface area contributed by atoms with E-state index < -0.39 is 16.7 Å². The van der Waals surface area contributed by atoms with Gasteiger partial charge in [-0.05, 0) is 28.1 Å². The molecule has 1 aromatic heterocycles. The van der Waals surface area contributed by atoms with Crippen LogP contribution in [0.1, 0.15) is 11.1 Å². The molecule has 0 fully saturated rings. The molecule has 0 spiro atoms. The van der Waals surface area contributed by atoms with Crippen LogP contribution >= 0.6 is 44.7 Å². The minimum atomic E-state index is -4.45. The van der Waals surface area contributed by atoms with Gasteiger partial charge < -0.3 is 0 Å². The van der Waals surface area contributed by atoms with Crippen LogP contribution in [-0.4, -0.2) is 14.6 Å². The maximum atomic E-state index is 13.0. The Balaban J connectivity index is 0.00000256. The number of halogens is 5. The van der Waals surface area contributed by atoms with E-state index in [0.717, 1.165) is 12.1 Å². The van der Waals surface area contributed by atoms with Gasteiger partial charge in [0, 0.05) is 28.7 Å². The highest BCUT2D eigenvalue weighted by Gasteiger charge is 2.31. The third kappa shape index (κ3) is 4.25. The molecule has 0 aliphatic carbocycles. The first kappa shape index (κ1) is 22.4. The van der Waals surface area contributed by atoms with Crippen molar-refractivity contribution in [3.05, 3.63) is 79.8 Å². The van der Waals surface area contributed by atoms with Crippen LogP contribution in [0.25, 0.3) is 17.0 Å². The summed E-state index contributed by atoms with van der Waals surface area (Å²) in [5.41, 5.74) is 4.13. The van der Waals surface area contributed by atoms with Gasteiger partial charge >= 0.3 is 6.18 Å². The van der Waals surface area contributed by atoms with Gasteiger partial charge in [-0.2, -0.15) is 13.2 Å². The van der Waals surface area contributed by atoms with Crippen LogP contribution < -0.4 is 5.43 Å². The summed E-state index contributed by atoms with van der Waals surface area (Å²) in [5, 5.41) is 13.3. The molecule has 0 unspecified atom stereocenters. The number of nitro benzene ring substituents is 1. The van der Waals surface area contributed by atoms with Gasteiger partial charge in [-0.15, -0.1) is 17.0 Å². The van der Waals surface area contributed by atoms with Crippen LogP contribution in [0.4, 0.5) is 18.9 Å². The molecule has 156 valence electrons. The van der Waals surface area contributed by atoms with Crippen LogP contribution in [0.5, 0.6) is 0 Å². The Hall–Kier alpha value is -2.31. The number of benzene rings is 2. The van der Waals surface area contributed by atoms with E-state index in [-0.39, 0.29) is 22.7 Å². The molecular formula is C18H11Br2F3N4O2S. The summed E-state index contributed by atoms with van der Waals surface area (Å²) < 4.78 is 41.1. The highest BCUT2D eigenvalue weighted by Crippen LogP contribution is 2.38. The van der Waals surface area contributed by atoms with Crippen LogP contribution in [0.3, 0.4) is 0 Å². The lowest BCUT2D eigenvalue weighted by atomic mass is 10.1. The number of hydrogen-bond acceptors (Lipinski definition) is 5. The fourth-order valence-corrected chi connectivity index (χ4v) is 4.25.